The molecule has 98 valence electrons. The Bertz CT molecular complexity index is 392. The van der Waals surface area contributed by atoms with E-state index in [1.54, 1.807) is 6.26 Å². The summed E-state index contributed by atoms with van der Waals surface area (Å²) in [4.78, 5) is 14.1. The van der Waals surface area contributed by atoms with Crippen LogP contribution in [0.25, 0.3) is 0 Å². The highest BCUT2D eigenvalue weighted by Crippen LogP contribution is 2.25. The predicted octanol–water partition coefficient (Wildman–Crippen LogP) is 0.0470. The summed E-state index contributed by atoms with van der Waals surface area (Å²) in [5.41, 5.74) is 0. The number of nitrogens with one attached hydrogen (secondary N) is 2. The van der Waals surface area contributed by atoms with Crippen molar-refractivity contribution in [3.05, 3.63) is 24.2 Å². The van der Waals surface area contributed by atoms with E-state index in [9.17, 15) is 4.79 Å². The largest absolute Gasteiger partial charge is 0.467 e. The van der Waals surface area contributed by atoms with Crippen LogP contribution in [0.2, 0.25) is 0 Å². The van der Waals surface area contributed by atoms with Gasteiger partial charge in [0.25, 0.3) is 0 Å². The number of likely N-dealkylation sites (tertiary alicyclic amines) is 1. The van der Waals surface area contributed by atoms with Crippen molar-refractivity contribution < 1.29 is 9.21 Å². The number of hydrogen-bond donors (Lipinski definition) is 2. The summed E-state index contributed by atoms with van der Waals surface area (Å²) in [5, 5.41) is 6.29. The normalized spacial score (nSPS) is 27.3. The topological polar surface area (TPSA) is 57.5 Å². The van der Waals surface area contributed by atoms with Crippen molar-refractivity contribution >= 4 is 5.91 Å². The number of nitrogens with zero attached hydrogens (tertiary/aromatic N) is 1. The molecular formula is C13H19N3O2. The summed E-state index contributed by atoms with van der Waals surface area (Å²) in [7, 11) is 0. The second kappa shape index (κ2) is 5.12. The van der Waals surface area contributed by atoms with Gasteiger partial charge >= 0.3 is 0 Å². The molecule has 0 radical (unpaired) electrons. The average molecular weight is 249 g/mol. The first-order valence-corrected chi connectivity index (χ1v) is 6.53. The fourth-order valence-corrected chi connectivity index (χ4v) is 2.94. The van der Waals surface area contributed by atoms with E-state index in [2.05, 4.69) is 15.5 Å². The van der Waals surface area contributed by atoms with Crippen molar-refractivity contribution in [1.29, 1.82) is 0 Å². The Hall–Kier alpha value is -1.33. The molecule has 1 aromatic rings. The fraction of sp³-hybridized carbons (Fsp3) is 0.615. The first-order chi connectivity index (χ1) is 8.81. The van der Waals surface area contributed by atoms with Crippen LogP contribution in [0.15, 0.2) is 22.8 Å². The van der Waals surface area contributed by atoms with Gasteiger partial charge in [0, 0.05) is 13.1 Å². The molecule has 0 aromatic carbocycles. The lowest BCUT2D eigenvalue weighted by Gasteiger charge is -2.16. The van der Waals surface area contributed by atoms with Gasteiger partial charge in [0.05, 0.1) is 19.4 Å². The summed E-state index contributed by atoms with van der Waals surface area (Å²) < 4.78 is 5.18. The molecular weight excluding hydrogens is 230 g/mol. The molecule has 0 bridgehead atoms. The lowest BCUT2D eigenvalue weighted by Crippen LogP contribution is -2.37. The number of fused-ring (bicyclic) bond motifs is 1. The lowest BCUT2D eigenvalue weighted by atomic mass is 10.0. The molecule has 5 nitrogen and oxygen atoms in total. The molecule has 2 unspecified atom stereocenters. The van der Waals surface area contributed by atoms with Crippen LogP contribution in [0, 0.1) is 11.8 Å². The lowest BCUT2D eigenvalue weighted by molar-refractivity contribution is -0.122. The van der Waals surface area contributed by atoms with Gasteiger partial charge in [0.2, 0.25) is 5.91 Å². The molecule has 2 fully saturated rings. The fourth-order valence-electron chi connectivity index (χ4n) is 2.94. The third-order valence-electron chi connectivity index (χ3n) is 3.87. The monoisotopic (exact) mass is 249 g/mol. The van der Waals surface area contributed by atoms with Crippen LogP contribution in [0.1, 0.15) is 5.76 Å². The molecule has 2 atom stereocenters. The highest BCUT2D eigenvalue weighted by Gasteiger charge is 2.36. The zero-order valence-electron chi connectivity index (χ0n) is 10.4. The molecule has 2 saturated heterocycles. The highest BCUT2D eigenvalue weighted by molar-refractivity contribution is 5.77. The quantitative estimate of drug-likeness (QED) is 0.791. The van der Waals surface area contributed by atoms with Crippen LogP contribution in [-0.2, 0) is 11.3 Å². The molecule has 0 saturated carbocycles. The Labute approximate surface area is 107 Å². The van der Waals surface area contributed by atoms with Crippen LogP contribution in [-0.4, -0.2) is 43.5 Å². The maximum absolute atomic E-state index is 11.8. The molecule has 5 heteroatoms. The van der Waals surface area contributed by atoms with Crippen molar-refractivity contribution in [3.63, 3.8) is 0 Å². The van der Waals surface area contributed by atoms with E-state index in [-0.39, 0.29) is 5.91 Å². The summed E-state index contributed by atoms with van der Waals surface area (Å²) in [6.07, 6.45) is 1.62. The molecule has 18 heavy (non-hydrogen) atoms. The van der Waals surface area contributed by atoms with Gasteiger partial charge in [-0.2, -0.15) is 0 Å². The van der Waals surface area contributed by atoms with E-state index in [1.807, 2.05) is 12.1 Å². The van der Waals surface area contributed by atoms with Gasteiger partial charge < -0.3 is 15.1 Å². The standard InChI is InChI=1S/C13H19N3O2/c17-13(15-6-12-2-1-3-18-12)9-16-7-10-4-14-5-11(10)8-16/h1-3,10-11,14H,4-9H2,(H,15,17). The predicted molar refractivity (Wildman–Crippen MR) is 66.8 cm³/mol. The number of carbonyl (C=O) groups is 1. The minimum atomic E-state index is 0.0827. The van der Waals surface area contributed by atoms with Crippen LogP contribution >= 0.6 is 0 Å². The van der Waals surface area contributed by atoms with Gasteiger partial charge in [-0.05, 0) is 37.1 Å². The average Bonchev–Trinajstić information content (AvgIpc) is 3.01. The van der Waals surface area contributed by atoms with Crippen LogP contribution in [0.4, 0.5) is 0 Å². The number of carbonyl (C=O) groups excluding carboxylic acids is 1. The number of rotatable bonds is 4. The second-order valence-corrected chi connectivity index (χ2v) is 5.23. The smallest absolute Gasteiger partial charge is 0.234 e. The molecule has 3 rings (SSSR count). The molecule has 0 aliphatic carbocycles. The Morgan fingerprint density at radius 1 is 1.44 bits per heavy atom. The zero-order chi connectivity index (χ0) is 12.4. The maximum atomic E-state index is 11.8. The Balaban J connectivity index is 1.42. The van der Waals surface area contributed by atoms with E-state index in [4.69, 9.17) is 4.42 Å². The van der Waals surface area contributed by atoms with Crippen LogP contribution < -0.4 is 10.6 Å². The van der Waals surface area contributed by atoms with Crippen LogP contribution in [0.5, 0.6) is 0 Å². The van der Waals surface area contributed by atoms with Crippen molar-refractivity contribution in [2.75, 3.05) is 32.7 Å². The van der Waals surface area contributed by atoms with Crippen molar-refractivity contribution in [2.24, 2.45) is 11.8 Å². The van der Waals surface area contributed by atoms with Gasteiger partial charge in [-0.15, -0.1) is 0 Å². The Morgan fingerprint density at radius 2 is 2.22 bits per heavy atom. The van der Waals surface area contributed by atoms with Crippen molar-refractivity contribution in [1.82, 2.24) is 15.5 Å². The maximum Gasteiger partial charge on any atom is 0.234 e. The van der Waals surface area contributed by atoms with Gasteiger partial charge in [-0.25, -0.2) is 0 Å². The SMILES string of the molecule is O=C(CN1CC2CNCC2C1)NCc1ccco1. The third-order valence-corrected chi connectivity index (χ3v) is 3.87. The molecule has 2 aliphatic rings. The van der Waals surface area contributed by atoms with E-state index in [0.717, 1.165) is 43.8 Å². The van der Waals surface area contributed by atoms with Gasteiger partial charge in [-0.1, -0.05) is 0 Å². The molecule has 2 N–H and O–H groups in total. The summed E-state index contributed by atoms with van der Waals surface area (Å²) in [6.45, 7) is 5.30. The van der Waals surface area contributed by atoms with E-state index < -0.39 is 0 Å². The van der Waals surface area contributed by atoms with E-state index in [1.165, 1.54) is 0 Å². The van der Waals surface area contributed by atoms with Crippen LogP contribution in [0.3, 0.4) is 0 Å². The van der Waals surface area contributed by atoms with Crippen molar-refractivity contribution in [2.45, 2.75) is 6.54 Å². The summed E-state index contributed by atoms with van der Waals surface area (Å²) in [5.74, 6) is 2.36. The Kier molecular flexibility index (Phi) is 3.34. The zero-order valence-corrected chi connectivity index (χ0v) is 10.4. The van der Waals surface area contributed by atoms with Gasteiger partial charge in [0.1, 0.15) is 5.76 Å². The van der Waals surface area contributed by atoms with E-state index >= 15 is 0 Å². The molecule has 2 aliphatic heterocycles. The first-order valence-electron chi connectivity index (χ1n) is 6.53. The van der Waals surface area contributed by atoms with Gasteiger partial charge in [0.15, 0.2) is 0 Å². The Morgan fingerprint density at radius 3 is 2.89 bits per heavy atom. The third kappa shape index (κ3) is 2.57. The number of amides is 1. The minimum Gasteiger partial charge on any atom is -0.467 e. The van der Waals surface area contributed by atoms with Gasteiger partial charge in [-0.3, -0.25) is 9.69 Å². The summed E-state index contributed by atoms with van der Waals surface area (Å²) >= 11 is 0. The number of furan rings is 1. The second-order valence-electron chi connectivity index (χ2n) is 5.23. The van der Waals surface area contributed by atoms with E-state index in [0.29, 0.717) is 13.1 Å². The number of hydrogen-bond acceptors (Lipinski definition) is 4. The molecule has 3 heterocycles. The molecule has 1 amide bonds. The first kappa shape index (κ1) is 11.7. The summed E-state index contributed by atoms with van der Waals surface area (Å²) in [6, 6.07) is 3.70. The highest BCUT2D eigenvalue weighted by atomic mass is 16.3. The molecule has 0 spiro atoms. The van der Waals surface area contributed by atoms with Crippen molar-refractivity contribution in [3.8, 4) is 0 Å². The molecule has 1 aromatic heterocycles. The minimum absolute atomic E-state index is 0.0827.